The Morgan fingerprint density at radius 2 is 2.12 bits per heavy atom. The van der Waals surface area contributed by atoms with E-state index >= 15 is 0 Å². The summed E-state index contributed by atoms with van der Waals surface area (Å²) in [5, 5.41) is 8.06. The summed E-state index contributed by atoms with van der Waals surface area (Å²) in [6.07, 6.45) is 0. The van der Waals surface area contributed by atoms with Crippen LogP contribution in [0, 0.1) is 13.8 Å². The molecule has 0 aliphatic carbocycles. The highest BCUT2D eigenvalue weighted by molar-refractivity contribution is 6.30. The third-order valence-corrected chi connectivity index (χ3v) is 2.50. The Morgan fingerprint density at radius 3 is 2.81 bits per heavy atom. The van der Waals surface area contributed by atoms with Gasteiger partial charge in [-0.25, -0.2) is 4.63 Å². The van der Waals surface area contributed by atoms with E-state index in [0.29, 0.717) is 17.3 Å². The topological polar surface area (TPSA) is 48.2 Å². The molecule has 0 unspecified atom stereocenters. The maximum atomic E-state index is 5.88. The number of hydrogen-bond donors (Lipinski definition) is 0. The van der Waals surface area contributed by atoms with Crippen LogP contribution >= 0.6 is 11.6 Å². The number of aryl methyl sites for hydroxylation is 2. The number of halogens is 1. The zero-order chi connectivity index (χ0) is 11.5. The molecule has 16 heavy (non-hydrogen) atoms. The van der Waals surface area contributed by atoms with E-state index in [9.17, 15) is 0 Å². The summed E-state index contributed by atoms with van der Waals surface area (Å²) in [4.78, 5) is 0. The van der Waals surface area contributed by atoms with Crippen molar-refractivity contribution in [3.05, 3.63) is 40.2 Å². The van der Waals surface area contributed by atoms with Gasteiger partial charge in [0, 0.05) is 5.02 Å². The van der Waals surface area contributed by atoms with Crippen molar-refractivity contribution < 1.29 is 9.37 Å². The third kappa shape index (κ3) is 2.33. The van der Waals surface area contributed by atoms with Gasteiger partial charge >= 0.3 is 0 Å². The summed E-state index contributed by atoms with van der Waals surface area (Å²) in [5.41, 5.74) is 2.46. The maximum absolute atomic E-state index is 5.88. The Balaban J connectivity index is 2.10. The number of ether oxygens (including phenoxy) is 1. The van der Waals surface area contributed by atoms with Gasteiger partial charge in [-0.3, -0.25) is 0 Å². The van der Waals surface area contributed by atoms with Crippen LogP contribution in [0.2, 0.25) is 5.02 Å². The van der Waals surface area contributed by atoms with Gasteiger partial charge < -0.3 is 4.74 Å². The summed E-state index contributed by atoms with van der Waals surface area (Å²) < 4.78 is 10.2. The van der Waals surface area contributed by atoms with E-state index in [1.807, 2.05) is 26.0 Å². The highest BCUT2D eigenvalue weighted by atomic mass is 35.5. The molecule has 0 radical (unpaired) electrons. The molecule has 1 aromatic carbocycles. The van der Waals surface area contributed by atoms with Crippen LogP contribution in [0.3, 0.4) is 0 Å². The molecule has 0 aliphatic rings. The lowest BCUT2D eigenvalue weighted by molar-refractivity contribution is 0.269. The van der Waals surface area contributed by atoms with Crippen molar-refractivity contribution in [1.29, 1.82) is 0 Å². The highest BCUT2D eigenvalue weighted by Gasteiger charge is 2.07. The number of rotatable bonds is 3. The maximum Gasteiger partial charge on any atom is 0.145 e. The molecule has 0 amide bonds. The van der Waals surface area contributed by atoms with Gasteiger partial charge in [0.15, 0.2) is 0 Å². The molecule has 1 aromatic heterocycles. The van der Waals surface area contributed by atoms with Crippen LogP contribution in [-0.4, -0.2) is 10.3 Å². The van der Waals surface area contributed by atoms with Crippen LogP contribution < -0.4 is 4.74 Å². The molecular formula is C11H11ClN2O2. The van der Waals surface area contributed by atoms with Crippen molar-refractivity contribution in [2.45, 2.75) is 20.5 Å². The minimum Gasteiger partial charge on any atom is -0.487 e. The summed E-state index contributed by atoms with van der Waals surface area (Å²) in [5.74, 6) is 0.745. The van der Waals surface area contributed by atoms with Gasteiger partial charge in [0.25, 0.3) is 0 Å². The average molecular weight is 239 g/mol. The Morgan fingerprint density at radius 1 is 1.31 bits per heavy atom. The first kappa shape index (κ1) is 11.0. The number of aromatic nitrogens is 2. The second-order valence-corrected chi connectivity index (χ2v) is 3.93. The second-order valence-electron chi connectivity index (χ2n) is 3.49. The summed E-state index contributed by atoms with van der Waals surface area (Å²) in [6, 6.07) is 5.51. The first-order valence-corrected chi connectivity index (χ1v) is 5.21. The molecular weight excluding hydrogens is 228 g/mol. The molecule has 1 heterocycles. The van der Waals surface area contributed by atoms with Crippen molar-refractivity contribution >= 4 is 11.6 Å². The fourth-order valence-electron chi connectivity index (χ4n) is 1.26. The quantitative estimate of drug-likeness (QED) is 0.825. The first-order chi connectivity index (χ1) is 7.66. The van der Waals surface area contributed by atoms with Crippen LogP contribution in [0.5, 0.6) is 5.75 Å². The number of hydrogen-bond acceptors (Lipinski definition) is 4. The van der Waals surface area contributed by atoms with E-state index in [1.54, 1.807) is 6.07 Å². The largest absolute Gasteiger partial charge is 0.487 e. The smallest absolute Gasteiger partial charge is 0.145 e. The van der Waals surface area contributed by atoms with Gasteiger partial charge in [-0.15, -0.1) is 0 Å². The van der Waals surface area contributed by atoms with Crippen molar-refractivity contribution in [2.24, 2.45) is 0 Å². The molecule has 2 rings (SSSR count). The Hall–Kier alpha value is -1.55. The monoisotopic (exact) mass is 238 g/mol. The zero-order valence-corrected chi connectivity index (χ0v) is 9.78. The summed E-state index contributed by atoms with van der Waals surface area (Å²) >= 11 is 5.88. The lowest BCUT2D eigenvalue weighted by Crippen LogP contribution is -1.99. The van der Waals surface area contributed by atoms with Crippen molar-refractivity contribution in [1.82, 2.24) is 10.3 Å². The standard InChI is InChI=1S/C11H11ClN2O2/c1-7-3-4-9(12)5-11(7)15-6-10-8(2)13-16-14-10/h3-5H,6H2,1-2H3. The van der Waals surface area contributed by atoms with Gasteiger partial charge in [-0.05, 0) is 31.5 Å². The minimum atomic E-state index is 0.330. The first-order valence-electron chi connectivity index (χ1n) is 4.84. The van der Waals surface area contributed by atoms with Gasteiger partial charge in [0.05, 0.1) is 0 Å². The molecule has 0 fully saturated rings. The van der Waals surface area contributed by atoms with Crippen molar-refractivity contribution in [3.8, 4) is 5.75 Å². The summed E-state index contributed by atoms with van der Waals surface area (Å²) in [7, 11) is 0. The molecule has 0 bridgehead atoms. The molecule has 0 aliphatic heterocycles. The number of benzene rings is 1. The lowest BCUT2D eigenvalue weighted by Gasteiger charge is -2.07. The predicted molar refractivity (Wildman–Crippen MR) is 59.6 cm³/mol. The van der Waals surface area contributed by atoms with E-state index in [4.69, 9.17) is 16.3 Å². The normalized spacial score (nSPS) is 10.4. The lowest BCUT2D eigenvalue weighted by atomic mass is 10.2. The molecule has 84 valence electrons. The van der Waals surface area contributed by atoms with Crippen LogP contribution in [0.15, 0.2) is 22.8 Å². The Kier molecular flexibility index (Phi) is 3.10. The number of nitrogens with zero attached hydrogens (tertiary/aromatic N) is 2. The van der Waals surface area contributed by atoms with Gasteiger partial charge in [0.1, 0.15) is 23.7 Å². The van der Waals surface area contributed by atoms with E-state index < -0.39 is 0 Å². The van der Waals surface area contributed by atoms with E-state index in [2.05, 4.69) is 14.9 Å². The van der Waals surface area contributed by atoms with Gasteiger partial charge in [0.2, 0.25) is 0 Å². The van der Waals surface area contributed by atoms with Crippen LogP contribution in [0.4, 0.5) is 0 Å². The van der Waals surface area contributed by atoms with Crippen LogP contribution in [0.25, 0.3) is 0 Å². The highest BCUT2D eigenvalue weighted by Crippen LogP contribution is 2.23. The molecule has 0 spiro atoms. The summed E-state index contributed by atoms with van der Waals surface area (Å²) in [6.45, 7) is 4.11. The van der Waals surface area contributed by atoms with Gasteiger partial charge in [-0.1, -0.05) is 28.0 Å². The van der Waals surface area contributed by atoms with Crippen LogP contribution in [0.1, 0.15) is 17.0 Å². The minimum absolute atomic E-state index is 0.330. The van der Waals surface area contributed by atoms with Crippen molar-refractivity contribution in [2.75, 3.05) is 0 Å². The predicted octanol–water partition coefficient (Wildman–Crippen LogP) is 2.92. The molecule has 0 atom stereocenters. The average Bonchev–Trinajstić information content (AvgIpc) is 2.66. The fraction of sp³-hybridized carbons (Fsp3) is 0.273. The SMILES string of the molecule is Cc1ccc(Cl)cc1OCc1nonc1C. The second kappa shape index (κ2) is 4.53. The van der Waals surface area contributed by atoms with Crippen molar-refractivity contribution in [3.63, 3.8) is 0 Å². The molecule has 0 N–H and O–H groups in total. The van der Waals surface area contributed by atoms with E-state index in [0.717, 1.165) is 17.0 Å². The van der Waals surface area contributed by atoms with Gasteiger partial charge in [-0.2, -0.15) is 0 Å². The Bertz CT molecular complexity index is 496. The Labute approximate surface area is 98.1 Å². The fourth-order valence-corrected chi connectivity index (χ4v) is 1.42. The van der Waals surface area contributed by atoms with Crippen LogP contribution in [-0.2, 0) is 6.61 Å². The molecule has 2 aromatic rings. The molecule has 5 heteroatoms. The molecule has 0 saturated carbocycles. The molecule has 4 nitrogen and oxygen atoms in total. The van der Waals surface area contributed by atoms with E-state index in [1.165, 1.54) is 0 Å². The van der Waals surface area contributed by atoms with E-state index in [-0.39, 0.29) is 0 Å². The third-order valence-electron chi connectivity index (χ3n) is 2.26. The zero-order valence-electron chi connectivity index (χ0n) is 9.03. The molecule has 0 saturated heterocycles.